The topological polar surface area (TPSA) is 45.4 Å². The van der Waals surface area contributed by atoms with Crippen LogP contribution in [0.15, 0.2) is 46.9 Å². The van der Waals surface area contributed by atoms with E-state index >= 15 is 0 Å². The third-order valence-corrected chi connectivity index (χ3v) is 5.41. The first kappa shape index (κ1) is 12.7. The quantitative estimate of drug-likeness (QED) is 0.719. The Balaban J connectivity index is 1.74. The van der Waals surface area contributed by atoms with Crippen molar-refractivity contribution in [3.05, 3.63) is 48.0 Å². The second-order valence-electron chi connectivity index (χ2n) is 6.86. The summed E-state index contributed by atoms with van der Waals surface area (Å²) in [5.74, 6) is 0. The van der Waals surface area contributed by atoms with Crippen LogP contribution in [0.4, 0.5) is 0 Å². The highest BCUT2D eigenvalue weighted by Crippen LogP contribution is 2.44. The van der Waals surface area contributed by atoms with Crippen molar-refractivity contribution in [2.24, 2.45) is 0 Å². The van der Waals surface area contributed by atoms with Gasteiger partial charge in [0.25, 0.3) is 0 Å². The molecule has 2 aromatic carbocycles. The van der Waals surface area contributed by atoms with Crippen LogP contribution in [0.25, 0.3) is 21.9 Å². The fraction of sp³-hybridized carbons (Fsp3) is 0.368. The second kappa shape index (κ2) is 4.34. The van der Waals surface area contributed by atoms with Crippen molar-refractivity contribution in [3.8, 4) is 0 Å². The molecule has 0 amide bonds. The molecule has 0 radical (unpaired) electrons. The molecule has 2 N–H and O–H groups in total. The number of furan rings is 1. The number of fused-ring (bicyclic) bond motifs is 5. The van der Waals surface area contributed by atoms with E-state index in [1.807, 2.05) is 30.3 Å². The van der Waals surface area contributed by atoms with E-state index in [1.165, 1.54) is 12.8 Å². The van der Waals surface area contributed by atoms with Crippen LogP contribution in [0.3, 0.4) is 0 Å². The molecule has 2 aliphatic heterocycles. The monoisotopic (exact) mass is 293 g/mol. The maximum atomic E-state index is 11.3. The van der Waals surface area contributed by atoms with Gasteiger partial charge in [0.2, 0.25) is 0 Å². The van der Waals surface area contributed by atoms with Crippen molar-refractivity contribution >= 4 is 21.9 Å². The van der Waals surface area contributed by atoms with Crippen molar-refractivity contribution in [3.63, 3.8) is 0 Å². The predicted molar refractivity (Wildman–Crippen MR) is 86.8 cm³/mol. The molecular formula is C19H19NO2. The maximum absolute atomic E-state index is 11.3. The van der Waals surface area contributed by atoms with Crippen molar-refractivity contribution in [1.82, 2.24) is 5.32 Å². The predicted octanol–water partition coefficient (Wildman–Crippen LogP) is 3.69. The normalized spacial score (nSPS) is 31.1. The molecule has 2 aliphatic rings. The Labute approximate surface area is 128 Å². The Morgan fingerprint density at radius 2 is 1.68 bits per heavy atom. The Bertz CT molecular complexity index is 854. The van der Waals surface area contributed by atoms with Gasteiger partial charge in [-0.15, -0.1) is 0 Å². The first-order valence-electron chi connectivity index (χ1n) is 8.12. The van der Waals surface area contributed by atoms with Gasteiger partial charge in [-0.25, -0.2) is 0 Å². The zero-order valence-electron chi connectivity index (χ0n) is 12.4. The van der Waals surface area contributed by atoms with E-state index in [-0.39, 0.29) is 0 Å². The highest BCUT2D eigenvalue weighted by Gasteiger charge is 2.44. The Morgan fingerprint density at radius 3 is 2.50 bits per heavy atom. The average molecular weight is 293 g/mol. The number of aliphatic hydroxyl groups is 1. The van der Waals surface area contributed by atoms with E-state index in [2.05, 4.69) is 17.4 Å². The summed E-state index contributed by atoms with van der Waals surface area (Å²) in [6.45, 7) is 0. The number of piperidine rings is 1. The summed E-state index contributed by atoms with van der Waals surface area (Å²) < 4.78 is 6.11. The number of rotatable bonds is 1. The van der Waals surface area contributed by atoms with Gasteiger partial charge in [-0.1, -0.05) is 36.4 Å². The summed E-state index contributed by atoms with van der Waals surface area (Å²) in [7, 11) is 0. The van der Waals surface area contributed by atoms with Gasteiger partial charge in [0.1, 0.15) is 11.2 Å². The molecule has 3 heterocycles. The number of para-hydroxylation sites is 2. The van der Waals surface area contributed by atoms with Gasteiger partial charge >= 0.3 is 0 Å². The number of nitrogens with one attached hydrogen (secondary N) is 1. The maximum Gasteiger partial charge on any atom is 0.141 e. The van der Waals surface area contributed by atoms with Crippen LogP contribution in [0.2, 0.25) is 0 Å². The third kappa shape index (κ3) is 1.70. The lowest BCUT2D eigenvalue weighted by atomic mass is 9.81. The van der Waals surface area contributed by atoms with Gasteiger partial charge in [0.15, 0.2) is 0 Å². The fourth-order valence-corrected chi connectivity index (χ4v) is 4.46. The minimum atomic E-state index is -0.773. The lowest BCUT2D eigenvalue weighted by molar-refractivity contribution is -0.0108. The van der Waals surface area contributed by atoms with E-state index in [4.69, 9.17) is 4.42 Å². The van der Waals surface area contributed by atoms with Gasteiger partial charge < -0.3 is 14.8 Å². The molecule has 2 atom stereocenters. The minimum absolute atomic E-state index is 0.434. The zero-order valence-corrected chi connectivity index (χ0v) is 12.4. The number of benzene rings is 2. The molecule has 2 saturated heterocycles. The molecule has 1 aromatic heterocycles. The molecule has 0 saturated carbocycles. The smallest absolute Gasteiger partial charge is 0.141 e. The molecule has 3 aromatic rings. The zero-order chi connectivity index (χ0) is 14.7. The summed E-state index contributed by atoms with van der Waals surface area (Å²) >= 11 is 0. The molecular weight excluding hydrogens is 274 g/mol. The van der Waals surface area contributed by atoms with Gasteiger partial charge in [0, 0.05) is 28.4 Å². The summed E-state index contributed by atoms with van der Waals surface area (Å²) in [4.78, 5) is 0. The van der Waals surface area contributed by atoms with Crippen LogP contribution in [0, 0.1) is 0 Å². The summed E-state index contributed by atoms with van der Waals surface area (Å²) in [6.07, 6.45) is 3.89. The van der Waals surface area contributed by atoms with Gasteiger partial charge in [-0.05, 0) is 31.7 Å². The van der Waals surface area contributed by atoms with Gasteiger partial charge in [0.05, 0.1) is 5.60 Å². The molecule has 5 rings (SSSR count). The fourth-order valence-electron chi connectivity index (χ4n) is 4.46. The Hall–Kier alpha value is -1.84. The van der Waals surface area contributed by atoms with Crippen LogP contribution in [-0.2, 0) is 5.60 Å². The molecule has 2 unspecified atom stereocenters. The molecule has 2 fully saturated rings. The average Bonchev–Trinajstić information content (AvgIpc) is 3.07. The summed E-state index contributed by atoms with van der Waals surface area (Å²) in [5.41, 5.74) is 1.93. The number of hydrogen-bond donors (Lipinski definition) is 2. The van der Waals surface area contributed by atoms with Crippen LogP contribution in [-0.4, -0.2) is 17.2 Å². The minimum Gasteiger partial charge on any atom is -0.456 e. The van der Waals surface area contributed by atoms with Crippen LogP contribution in [0.5, 0.6) is 0 Å². The van der Waals surface area contributed by atoms with Gasteiger partial charge in [-0.3, -0.25) is 0 Å². The highest BCUT2D eigenvalue weighted by molar-refractivity contribution is 6.06. The molecule has 112 valence electrons. The standard InChI is InChI=1S/C19H19NO2/c21-19(10-12-8-9-13(11-19)20-12)16-6-3-5-15-14-4-1-2-7-17(14)22-18(15)16/h1-7,12-13,20-21H,8-11H2. The molecule has 3 nitrogen and oxygen atoms in total. The van der Waals surface area contributed by atoms with Crippen LogP contribution < -0.4 is 5.32 Å². The largest absolute Gasteiger partial charge is 0.456 e. The SMILES string of the molecule is OC1(c2cccc3c2oc2ccccc23)CC2CCC(C1)N2. The van der Waals surface area contributed by atoms with E-state index in [0.29, 0.717) is 12.1 Å². The lowest BCUT2D eigenvalue weighted by Gasteiger charge is -2.37. The van der Waals surface area contributed by atoms with E-state index in [1.54, 1.807) is 0 Å². The van der Waals surface area contributed by atoms with Crippen molar-refractivity contribution in [2.45, 2.75) is 43.4 Å². The third-order valence-electron chi connectivity index (χ3n) is 5.41. The second-order valence-corrected chi connectivity index (χ2v) is 6.86. The van der Waals surface area contributed by atoms with Crippen molar-refractivity contribution in [1.29, 1.82) is 0 Å². The summed E-state index contributed by atoms with van der Waals surface area (Å²) in [6, 6.07) is 15.1. The first-order chi connectivity index (χ1) is 10.7. The van der Waals surface area contributed by atoms with E-state index in [0.717, 1.165) is 40.3 Å². The highest BCUT2D eigenvalue weighted by atomic mass is 16.3. The van der Waals surface area contributed by atoms with Gasteiger partial charge in [-0.2, -0.15) is 0 Å². The lowest BCUT2D eigenvalue weighted by Crippen LogP contribution is -2.46. The summed E-state index contributed by atoms with van der Waals surface area (Å²) in [5, 5.41) is 17.2. The van der Waals surface area contributed by atoms with E-state index < -0.39 is 5.60 Å². The molecule has 2 bridgehead atoms. The van der Waals surface area contributed by atoms with Crippen LogP contribution in [0.1, 0.15) is 31.2 Å². The molecule has 3 heteroatoms. The first-order valence-corrected chi connectivity index (χ1v) is 8.12. The Morgan fingerprint density at radius 1 is 0.955 bits per heavy atom. The molecule has 0 aliphatic carbocycles. The molecule has 22 heavy (non-hydrogen) atoms. The van der Waals surface area contributed by atoms with Crippen LogP contribution >= 0.6 is 0 Å². The Kier molecular flexibility index (Phi) is 2.50. The van der Waals surface area contributed by atoms with Crippen molar-refractivity contribution in [2.75, 3.05) is 0 Å². The van der Waals surface area contributed by atoms with Crippen molar-refractivity contribution < 1.29 is 9.52 Å². The molecule has 0 spiro atoms. The van der Waals surface area contributed by atoms with E-state index in [9.17, 15) is 5.11 Å². The number of hydrogen-bond acceptors (Lipinski definition) is 3.